The van der Waals surface area contributed by atoms with Gasteiger partial charge in [-0.05, 0) is 42.7 Å². The number of nitrogens with zero attached hydrogens (tertiary/aromatic N) is 2. The summed E-state index contributed by atoms with van der Waals surface area (Å²) in [4.78, 5) is 10.4. The SMILES string of the molecule is S=c1nc(N2CCc3ccccc3C2)c2c([nH]1)CCNCC2. The van der Waals surface area contributed by atoms with Crippen LogP contribution in [0.1, 0.15) is 22.4 Å². The average Bonchev–Trinajstić information content (AvgIpc) is 2.79. The maximum atomic E-state index is 5.36. The molecule has 2 N–H and O–H groups in total. The van der Waals surface area contributed by atoms with Crippen molar-refractivity contribution in [2.45, 2.75) is 25.8 Å². The highest BCUT2D eigenvalue weighted by atomic mass is 32.1. The van der Waals surface area contributed by atoms with Crippen LogP contribution in [0.3, 0.4) is 0 Å². The fraction of sp³-hybridized carbons (Fsp3) is 0.412. The summed E-state index contributed by atoms with van der Waals surface area (Å²) in [6.45, 7) is 3.96. The Balaban J connectivity index is 1.74. The second-order valence-electron chi connectivity index (χ2n) is 6.01. The Bertz CT molecular complexity index is 753. The number of hydrogen-bond acceptors (Lipinski definition) is 4. The molecule has 114 valence electrons. The van der Waals surface area contributed by atoms with Crippen molar-refractivity contribution in [2.75, 3.05) is 24.5 Å². The number of H-pyrrole nitrogens is 1. The summed E-state index contributed by atoms with van der Waals surface area (Å²) in [5, 5.41) is 3.46. The van der Waals surface area contributed by atoms with E-state index in [9.17, 15) is 0 Å². The summed E-state index contributed by atoms with van der Waals surface area (Å²) in [5.74, 6) is 1.09. The molecule has 0 fully saturated rings. The monoisotopic (exact) mass is 312 g/mol. The van der Waals surface area contributed by atoms with Crippen LogP contribution < -0.4 is 10.2 Å². The Morgan fingerprint density at radius 1 is 1.05 bits per heavy atom. The van der Waals surface area contributed by atoms with E-state index in [0.29, 0.717) is 4.77 Å². The first-order valence-corrected chi connectivity index (χ1v) is 8.36. The minimum absolute atomic E-state index is 0.606. The first kappa shape index (κ1) is 13.9. The topological polar surface area (TPSA) is 44.0 Å². The van der Waals surface area contributed by atoms with Gasteiger partial charge in [0.25, 0.3) is 0 Å². The molecule has 0 atom stereocenters. The molecule has 4 nitrogen and oxygen atoms in total. The third-order valence-electron chi connectivity index (χ3n) is 4.63. The summed E-state index contributed by atoms with van der Waals surface area (Å²) in [6.07, 6.45) is 3.09. The Morgan fingerprint density at radius 3 is 2.77 bits per heavy atom. The number of anilines is 1. The summed E-state index contributed by atoms with van der Waals surface area (Å²) >= 11 is 5.36. The Kier molecular flexibility index (Phi) is 3.68. The lowest BCUT2D eigenvalue weighted by Crippen LogP contribution is -2.32. The molecule has 22 heavy (non-hydrogen) atoms. The van der Waals surface area contributed by atoms with E-state index in [0.717, 1.165) is 51.3 Å². The summed E-state index contributed by atoms with van der Waals surface area (Å²) < 4.78 is 0.606. The van der Waals surface area contributed by atoms with Gasteiger partial charge in [-0.3, -0.25) is 0 Å². The molecule has 1 aromatic carbocycles. The summed E-state index contributed by atoms with van der Waals surface area (Å²) in [5.41, 5.74) is 5.49. The molecule has 3 heterocycles. The lowest BCUT2D eigenvalue weighted by Gasteiger charge is -2.31. The zero-order valence-electron chi connectivity index (χ0n) is 12.6. The number of nitrogens with one attached hydrogen (secondary N) is 2. The molecule has 4 rings (SSSR count). The van der Waals surface area contributed by atoms with Crippen LogP contribution in [0.2, 0.25) is 0 Å². The van der Waals surface area contributed by atoms with Crippen LogP contribution in [0.15, 0.2) is 24.3 Å². The summed E-state index contributed by atoms with van der Waals surface area (Å²) in [7, 11) is 0. The predicted octanol–water partition coefficient (Wildman–Crippen LogP) is 2.39. The fourth-order valence-corrected chi connectivity index (χ4v) is 3.71. The molecule has 0 amide bonds. The molecule has 5 heteroatoms. The van der Waals surface area contributed by atoms with Crippen molar-refractivity contribution in [3.63, 3.8) is 0 Å². The van der Waals surface area contributed by atoms with E-state index in [-0.39, 0.29) is 0 Å². The third-order valence-corrected chi connectivity index (χ3v) is 4.83. The number of aromatic nitrogens is 2. The Morgan fingerprint density at radius 2 is 1.86 bits per heavy atom. The van der Waals surface area contributed by atoms with Gasteiger partial charge < -0.3 is 15.2 Å². The molecule has 0 unspecified atom stereocenters. The molecule has 0 saturated heterocycles. The van der Waals surface area contributed by atoms with E-state index in [1.165, 1.54) is 22.4 Å². The van der Waals surface area contributed by atoms with Gasteiger partial charge in [-0.25, -0.2) is 4.98 Å². The highest BCUT2D eigenvalue weighted by molar-refractivity contribution is 7.71. The largest absolute Gasteiger partial charge is 0.352 e. The molecule has 2 aliphatic heterocycles. The second-order valence-corrected chi connectivity index (χ2v) is 6.40. The van der Waals surface area contributed by atoms with Crippen molar-refractivity contribution in [2.24, 2.45) is 0 Å². The zero-order valence-corrected chi connectivity index (χ0v) is 13.4. The first-order chi connectivity index (χ1) is 10.8. The van der Waals surface area contributed by atoms with Gasteiger partial charge in [-0.1, -0.05) is 24.3 Å². The van der Waals surface area contributed by atoms with Crippen molar-refractivity contribution in [1.82, 2.24) is 15.3 Å². The van der Waals surface area contributed by atoms with Crippen molar-refractivity contribution >= 4 is 18.0 Å². The Labute approximate surface area is 135 Å². The first-order valence-electron chi connectivity index (χ1n) is 7.96. The van der Waals surface area contributed by atoms with Crippen molar-refractivity contribution in [3.05, 3.63) is 51.4 Å². The minimum Gasteiger partial charge on any atom is -0.352 e. The number of hydrogen-bond donors (Lipinski definition) is 2. The quantitative estimate of drug-likeness (QED) is 0.794. The van der Waals surface area contributed by atoms with E-state index in [4.69, 9.17) is 12.2 Å². The van der Waals surface area contributed by atoms with Gasteiger partial charge in [0.1, 0.15) is 5.82 Å². The number of aromatic amines is 1. The van der Waals surface area contributed by atoms with Crippen LogP contribution in [0.25, 0.3) is 0 Å². The van der Waals surface area contributed by atoms with Gasteiger partial charge in [0.2, 0.25) is 0 Å². The van der Waals surface area contributed by atoms with Gasteiger partial charge >= 0.3 is 0 Å². The molecule has 0 aliphatic carbocycles. The molecule has 2 aliphatic rings. The van der Waals surface area contributed by atoms with Gasteiger partial charge in [0, 0.05) is 37.3 Å². The minimum atomic E-state index is 0.606. The third kappa shape index (κ3) is 2.55. The number of benzene rings is 1. The standard InChI is InChI=1S/C17H20N4S/c22-17-19-15-6-9-18-8-5-14(15)16(20-17)21-10-7-12-3-1-2-4-13(12)11-21/h1-4,18H,5-11H2,(H,19,20,22). The molecular weight excluding hydrogens is 292 g/mol. The van der Waals surface area contributed by atoms with Crippen LogP contribution >= 0.6 is 12.2 Å². The maximum Gasteiger partial charge on any atom is 0.198 e. The molecule has 1 aromatic heterocycles. The van der Waals surface area contributed by atoms with E-state index >= 15 is 0 Å². The molecule has 0 saturated carbocycles. The zero-order chi connectivity index (χ0) is 14.9. The fourth-order valence-electron chi connectivity index (χ4n) is 3.50. The van der Waals surface area contributed by atoms with Gasteiger partial charge in [0.15, 0.2) is 4.77 Å². The van der Waals surface area contributed by atoms with E-state index in [1.54, 1.807) is 0 Å². The number of rotatable bonds is 1. The van der Waals surface area contributed by atoms with Crippen LogP contribution in [-0.4, -0.2) is 29.6 Å². The Hall–Kier alpha value is -1.72. The predicted molar refractivity (Wildman–Crippen MR) is 90.9 cm³/mol. The lowest BCUT2D eigenvalue weighted by molar-refractivity contribution is 0.701. The molecule has 0 radical (unpaired) electrons. The maximum absolute atomic E-state index is 5.36. The molecule has 0 spiro atoms. The normalized spacial score (nSPS) is 17.5. The highest BCUT2D eigenvalue weighted by Gasteiger charge is 2.22. The molecule has 2 aromatic rings. The van der Waals surface area contributed by atoms with Crippen LogP contribution in [0.4, 0.5) is 5.82 Å². The van der Waals surface area contributed by atoms with E-state index in [1.807, 2.05) is 0 Å². The van der Waals surface area contributed by atoms with Crippen LogP contribution in [0.5, 0.6) is 0 Å². The van der Waals surface area contributed by atoms with Crippen LogP contribution in [0, 0.1) is 4.77 Å². The molecule has 0 bridgehead atoms. The summed E-state index contributed by atoms with van der Waals surface area (Å²) in [6, 6.07) is 8.72. The smallest absolute Gasteiger partial charge is 0.198 e. The van der Waals surface area contributed by atoms with Crippen LogP contribution in [-0.2, 0) is 25.8 Å². The van der Waals surface area contributed by atoms with Crippen molar-refractivity contribution in [3.8, 4) is 0 Å². The average molecular weight is 312 g/mol. The number of fused-ring (bicyclic) bond motifs is 2. The van der Waals surface area contributed by atoms with Crippen molar-refractivity contribution in [1.29, 1.82) is 0 Å². The molecular formula is C17H20N4S. The van der Waals surface area contributed by atoms with E-state index in [2.05, 4.69) is 44.5 Å². The van der Waals surface area contributed by atoms with Gasteiger partial charge in [-0.2, -0.15) is 0 Å². The lowest BCUT2D eigenvalue weighted by atomic mass is 9.99. The van der Waals surface area contributed by atoms with Gasteiger partial charge in [0.05, 0.1) is 0 Å². The van der Waals surface area contributed by atoms with E-state index < -0.39 is 0 Å². The van der Waals surface area contributed by atoms with Crippen molar-refractivity contribution < 1.29 is 0 Å². The highest BCUT2D eigenvalue weighted by Crippen LogP contribution is 2.28. The van der Waals surface area contributed by atoms with Gasteiger partial charge in [-0.15, -0.1) is 0 Å². The second kappa shape index (κ2) is 5.82.